The Morgan fingerprint density at radius 2 is 1.35 bits per heavy atom. The summed E-state index contributed by atoms with van der Waals surface area (Å²) in [5, 5.41) is 0. The van der Waals surface area contributed by atoms with Gasteiger partial charge in [0.15, 0.2) is 0 Å². The molecule has 0 aromatic carbocycles. The summed E-state index contributed by atoms with van der Waals surface area (Å²) in [5.74, 6) is 0.158. The molecular weight excluding hydrogens is 252 g/mol. The highest BCUT2D eigenvalue weighted by atomic mass is 16.5. The van der Waals surface area contributed by atoms with Crippen molar-refractivity contribution >= 4 is 11.8 Å². The molecule has 3 nitrogen and oxygen atoms in total. The molecule has 3 heteroatoms. The Bertz CT molecular complexity index is 305. The van der Waals surface area contributed by atoms with Crippen molar-refractivity contribution in [2.24, 2.45) is 17.8 Å². The van der Waals surface area contributed by atoms with Gasteiger partial charge in [0, 0.05) is 12.3 Å². The van der Waals surface area contributed by atoms with Crippen molar-refractivity contribution in [3.63, 3.8) is 0 Å². The molecule has 0 amide bonds. The topological polar surface area (TPSA) is 43.4 Å². The molecule has 2 fully saturated rings. The van der Waals surface area contributed by atoms with Crippen molar-refractivity contribution in [2.45, 2.75) is 71.1 Å². The van der Waals surface area contributed by atoms with Crippen LogP contribution >= 0.6 is 0 Å². The number of hydrogen-bond donors (Lipinski definition) is 0. The molecule has 1 saturated carbocycles. The van der Waals surface area contributed by atoms with Gasteiger partial charge in [-0.3, -0.25) is 9.59 Å². The zero-order valence-electron chi connectivity index (χ0n) is 12.7. The molecule has 0 N–H and O–H groups in total. The Labute approximate surface area is 122 Å². The Balaban J connectivity index is 1.81. The van der Waals surface area contributed by atoms with E-state index in [2.05, 4.69) is 0 Å². The average molecular weight is 280 g/mol. The third kappa shape index (κ3) is 4.32. The molecule has 114 valence electrons. The Kier molecular flexibility index (Phi) is 6.06. The molecule has 0 aromatic rings. The molecule has 0 bridgehead atoms. The van der Waals surface area contributed by atoms with Crippen molar-refractivity contribution < 1.29 is 14.3 Å². The predicted molar refractivity (Wildman–Crippen MR) is 78.3 cm³/mol. The van der Waals surface area contributed by atoms with Gasteiger partial charge in [-0.15, -0.1) is 0 Å². The fourth-order valence-electron chi connectivity index (χ4n) is 3.39. The van der Waals surface area contributed by atoms with Crippen molar-refractivity contribution in [1.82, 2.24) is 0 Å². The van der Waals surface area contributed by atoms with Crippen molar-refractivity contribution in [3.05, 3.63) is 0 Å². The number of rotatable bonds is 0. The Hall–Kier alpha value is -0.860. The predicted octanol–water partition coefficient (Wildman–Crippen LogP) is 3.90. The van der Waals surface area contributed by atoms with Crippen LogP contribution in [-0.2, 0) is 14.3 Å². The minimum Gasteiger partial charge on any atom is -0.465 e. The lowest BCUT2D eigenvalue weighted by Crippen LogP contribution is -2.12. The maximum atomic E-state index is 12.1. The van der Waals surface area contributed by atoms with Crippen LogP contribution in [0.1, 0.15) is 71.1 Å². The summed E-state index contributed by atoms with van der Waals surface area (Å²) in [4.78, 5) is 24.0. The van der Waals surface area contributed by atoms with Gasteiger partial charge in [-0.05, 0) is 18.8 Å². The number of Topliss-reactive ketones (excluding diaryl/α,β-unsaturated/α-hetero) is 1. The molecule has 2 aliphatic rings. The first-order valence-corrected chi connectivity index (χ1v) is 8.41. The lowest BCUT2D eigenvalue weighted by molar-refractivity contribution is -0.146. The molecule has 1 aliphatic carbocycles. The summed E-state index contributed by atoms with van der Waals surface area (Å²) in [7, 11) is 0. The van der Waals surface area contributed by atoms with Crippen LogP contribution in [0.3, 0.4) is 0 Å². The van der Waals surface area contributed by atoms with E-state index in [9.17, 15) is 9.59 Å². The van der Waals surface area contributed by atoms with Gasteiger partial charge in [-0.25, -0.2) is 0 Å². The van der Waals surface area contributed by atoms with Crippen LogP contribution in [0, 0.1) is 17.8 Å². The summed E-state index contributed by atoms with van der Waals surface area (Å²) in [6.45, 7) is 2.53. The molecule has 20 heavy (non-hydrogen) atoms. The first-order chi connectivity index (χ1) is 9.72. The Morgan fingerprint density at radius 1 is 0.800 bits per heavy atom. The zero-order chi connectivity index (χ0) is 14.4. The summed E-state index contributed by atoms with van der Waals surface area (Å²) in [6, 6.07) is 0. The normalized spacial score (nSPS) is 34.1. The minimum absolute atomic E-state index is 0.0459. The lowest BCUT2D eigenvalue weighted by Gasteiger charge is -2.06. The van der Waals surface area contributed by atoms with Crippen LogP contribution in [0.25, 0.3) is 0 Å². The second-order valence-corrected chi connectivity index (χ2v) is 6.48. The highest BCUT2D eigenvalue weighted by Crippen LogP contribution is 2.48. The van der Waals surface area contributed by atoms with E-state index in [1.165, 1.54) is 32.1 Å². The number of esters is 1. The number of cyclic esters (lactones) is 1. The van der Waals surface area contributed by atoms with Gasteiger partial charge in [0.1, 0.15) is 5.78 Å². The average Bonchev–Trinajstić information content (AvgIpc) is 3.10. The molecule has 1 heterocycles. The largest absolute Gasteiger partial charge is 0.465 e. The van der Waals surface area contributed by atoms with Gasteiger partial charge < -0.3 is 4.74 Å². The smallest absolute Gasteiger partial charge is 0.309 e. The van der Waals surface area contributed by atoms with E-state index in [-0.39, 0.29) is 29.5 Å². The van der Waals surface area contributed by atoms with E-state index >= 15 is 0 Å². The van der Waals surface area contributed by atoms with Crippen molar-refractivity contribution in [3.8, 4) is 0 Å². The maximum absolute atomic E-state index is 12.1. The summed E-state index contributed by atoms with van der Waals surface area (Å²) < 4.78 is 5.32. The zero-order valence-corrected chi connectivity index (χ0v) is 12.7. The second-order valence-electron chi connectivity index (χ2n) is 6.48. The monoisotopic (exact) mass is 280 g/mol. The van der Waals surface area contributed by atoms with Gasteiger partial charge in [0.2, 0.25) is 0 Å². The number of carbonyl (C=O) groups is 2. The van der Waals surface area contributed by atoms with Gasteiger partial charge in [-0.2, -0.15) is 0 Å². The van der Waals surface area contributed by atoms with Crippen LogP contribution in [0.15, 0.2) is 0 Å². The van der Waals surface area contributed by atoms with Crippen molar-refractivity contribution in [2.75, 3.05) is 6.61 Å². The summed E-state index contributed by atoms with van der Waals surface area (Å²) in [6.07, 6.45) is 11.3. The van der Waals surface area contributed by atoms with Crippen LogP contribution < -0.4 is 0 Å². The summed E-state index contributed by atoms with van der Waals surface area (Å²) in [5.41, 5.74) is 0. The van der Waals surface area contributed by atoms with Crippen LogP contribution in [0.5, 0.6) is 0 Å². The van der Waals surface area contributed by atoms with E-state index in [4.69, 9.17) is 4.74 Å². The standard InChI is InChI=1S/C17H28O3/c1-13-15-14(18)11-9-7-5-3-2-4-6-8-10-12-20-17(19)16(13)15/h13,15-16H,2-12H2,1H3/t13-,15-,16+/m1/s1. The van der Waals surface area contributed by atoms with E-state index in [0.29, 0.717) is 13.0 Å². The molecular formula is C17H28O3. The molecule has 0 radical (unpaired) electrons. The molecule has 1 aliphatic heterocycles. The van der Waals surface area contributed by atoms with Gasteiger partial charge in [0.05, 0.1) is 12.5 Å². The molecule has 2 rings (SSSR count). The highest BCUT2D eigenvalue weighted by molar-refractivity contribution is 5.92. The lowest BCUT2D eigenvalue weighted by atomic mass is 10.0. The second kappa shape index (κ2) is 7.80. The van der Waals surface area contributed by atoms with Crippen LogP contribution in [0.4, 0.5) is 0 Å². The van der Waals surface area contributed by atoms with Crippen molar-refractivity contribution in [1.29, 1.82) is 0 Å². The number of ether oxygens (including phenoxy) is 1. The van der Waals surface area contributed by atoms with Crippen LogP contribution in [0.2, 0.25) is 0 Å². The number of ketones is 1. The molecule has 0 aromatic heterocycles. The first kappa shape index (κ1) is 15.5. The minimum atomic E-state index is -0.143. The van der Waals surface area contributed by atoms with Gasteiger partial charge in [0.25, 0.3) is 0 Å². The Morgan fingerprint density at radius 3 is 2.00 bits per heavy atom. The van der Waals surface area contributed by atoms with Gasteiger partial charge in [-0.1, -0.05) is 51.9 Å². The highest BCUT2D eigenvalue weighted by Gasteiger charge is 2.56. The summed E-state index contributed by atoms with van der Waals surface area (Å²) >= 11 is 0. The van der Waals surface area contributed by atoms with E-state index < -0.39 is 0 Å². The maximum Gasteiger partial charge on any atom is 0.309 e. The molecule has 3 atom stereocenters. The number of carbonyl (C=O) groups excluding carboxylic acids is 2. The van der Waals surface area contributed by atoms with E-state index in [0.717, 1.165) is 25.7 Å². The molecule has 0 unspecified atom stereocenters. The fraction of sp³-hybridized carbons (Fsp3) is 0.882. The third-order valence-electron chi connectivity index (χ3n) is 4.83. The number of fused-ring (bicyclic) bond motifs is 1. The van der Waals surface area contributed by atoms with E-state index in [1.54, 1.807) is 0 Å². The fourth-order valence-corrected chi connectivity index (χ4v) is 3.39. The van der Waals surface area contributed by atoms with Gasteiger partial charge >= 0.3 is 5.97 Å². The number of hydrogen-bond acceptors (Lipinski definition) is 3. The SMILES string of the molecule is C[C@@H]1[C@@H]2C(=O)CCCCCCCCCCCOC(=O)[C@@H]12. The quantitative estimate of drug-likeness (QED) is 0.632. The van der Waals surface area contributed by atoms with Crippen LogP contribution in [-0.4, -0.2) is 18.4 Å². The molecule has 1 saturated heterocycles. The molecule has 0 spiro atoms. The third-order valence-corrected chi connectivity index (χ3v) is 4.83. The van der Waals surface area contributed by atoms with E-state index in [1.807, 2.05) is 6.92 Å². The first-order valence-electron chi connectivity index (χ1n) is 8.41.